The van der Waals surface area contributed by atoms with Gasteiger partial charge in [0.2, 0.25) is 0 Å². The van der Waals surface area contributed by atoms with Crippen LogP contribution in [0.3, 0.4) is 0 Å². The van der Waals surface area contributed by atoms with E-state index in [-0.39, 0.29) is 11.3 Å². The number of aliphatic hydroxyl groups excluding tert-OH is 1. The van der Waals surface area contributed by atoms with Crippen LogP contribution in [0.25, 0.3) is 22.4 Å². The van der Waals surface area contributed by atoms with Crippen LogP contribution in [0.2, 0.25) is 0 Å². The molecule has 2 aromatic heterocycles. The minimum atomic E-state index is -0.0680. The Morgan fingerprint density at radius 3 is 2.55 bits per heavy atom. The normalized spacial score (nSPS) is 12.0. The van der Waals surface area contributed by atoms with Crippen LogP contribution in [0.5, 0.6) is 0 Å². The van der Waals surface area contributed by atoms with Crippen LogP contribution in [0.15, 0.2) is 48.8 Å². The molecule has 0 aliphatic carbocycles. The van der Waals surface area contributed by atoms with E-state index in [2.05, 4.69) is 11.1 Å². The first-order valence-corrected chi connectivity index (χ1v) is 6.82. The van der Waals surface area contributed by atoms with Gasteiger partial charge in [-0.05, 0) is 12.1 Å². The summed E-state index contributed by atoms with van der Waals surface area (Å²) < 4.78 is 3.67. The molecule has 0 saturated carbocycles. The molecule has 3 aromatic rings. The summed E-state index contributed by atoms with van der Waals surface area (Å²) in [7, 11) is 3.72. The van der Waals surface area contributed by atoms with Crippen LogP contribution in [0.1, 0.15) is 11.4 Å². The third-order valence-corrected chi connectivity index (χ3v) is 3.61. The van der Waals surface area contributed by atoms with E-state index in [1.807, 2.05) is 59.9 Å². The second-order valence-electron chi connectivity index (χ2n) is 5.07. The lowest BCUT2D eigenvalue weighted by molar-refractivity contribution is -0.671. The van der Waals surface area contributed by atoms with Crippen molar-refractivity contribution < 1.29 is 9.67 Å². The monoisotopic (exact) mass is 291 g/mol. The number of pyridine rings is 1. The van der Waals surface area contributed by atoms with Gasteiger partial charge in [0, 0.05) is 24.7 Å². The first-order valence-electron chi connectivity index (χ1n) is 6.82. The van der Waals surface area contributed by atoms with Gasteiger partial charge in [0.1, 0.15) is 24.4 Å². The quantitative estimate of drug-likeness (QED) is 0.448. The first-order chi connectivity index (χ1) is 10.6. The highest BCUT2D eigenvalue weighted by Crippen LogP contribution is 2.25. The average molecular weight is 291 g/mol. The molecule has 22 heavy (non-hydrogen) atoms. The van der Waals surface area contributed by atoms with Gasteiger partial charge >= 0.3 is 0 Å². The SMILES string of the molecule is Cn1c(C(C#N)=C(O)c2cc[n+](C)cc2)nc2ccccc21. The molecule has 2 heterocycles. The molecule has 0 amide bonds. The Labute approximate surface area is 128 Å². The van der Waals surface area contributed by atoms with Crippen molar-refractivity contribution in [3.63, 3.8) is 0 Å². The highest BCUT2D eigenvalue weighted by Gasteiger charge is 2.17. The summed E-state index contributed by atoms with van der Waals surface area (Å²) in [6, 6.07) is 13.2. The number of aryl methyl sites for hydroxylation is 2. The maximum absolute atomic E-state index is 10.5. The number of aliphatic hydroxyl groups is 1. The van der Waals surface area contributed by atoms with Gasteiger partial charge in [-0.15, -0.1) is 0 Å². The van der Waals surface area contributed by atoms with Crippen molar-refractivity contribution in [2.75, 3.05) is 0 Å². The zero-order valence-electron chi connectivity index (χ0n) is 12.4. The van der Waals surface area contributed by atoms with E-state index in [9.17, 15) is 10.4 Å². The minimum absolute atomic E-state index is 0.0680. The summed E-state index contributed by atoms with van der Waals surface area (Å²) in [5.74, 6) is 0.385. The lowest BCUT2D eigenvalue weighted by Crippen LogP contribution is -2.25. The van der Waals surface area contributed by atoms with Crippen LogP contribution in [0.4, 0.5) is 0 Å². The van der Waals surface area contributed by atoms with Crippen LogP contribution in [-0.2, 0) is 14.1 Å². The van der Waals surface area contributed by atoms with Crippen molar-refractivity contribution in [1.82, 2.24) is 9.55 Å². The summed E-state index contributed by atoms with van der Waals surface area (Å²) in [6.07, 6.45) is 3.63. The highest BCUT2D eigenvalue weighted by atomic mass is 16.3. The Bertz CT molecular complexity index is 914. The van der Waals surface area contributed by atoms with Gasteiger partial charge in [-0.25, -0.2) is 9.55 Å². The minimum Gasteiger partial charge on any atom is -0.506 e. The molecule has 1 N–H and O–H groups in total. The molecular weight excluding hydrogens is 276 g/mol. The zero-order valence-corrected chi connectivity index (χ0v) is 12.4. The molecule has 0 spiro atoms. The maximum Gasteiger partial charge on any atom is 0.169 e. The molecule has 0 bridgehead atoms. The van der Waals surface area contributed by atoms with Gasteiger partial charge in [0.15, 0.2) is 18.2 Å². The van der Waals surface area contributed by atoms with Crippen molar-refractivity contribution in [2.45, 2.75) is 0 Å². The molecule has 0 saturated heterocycles. The topological polar surface area (TPSA) is 65.7 Å². The van der Waals surface area contributed by atoms with E-state index >= 15 is 0 Å². The molecule has 0 aliphatic rings. The number of hydrogen-bond donors (Lipinski definition) is 1. The van der Waals surface area contributed by atoms with Crippen LogP contribution in [0, 0.1) is 11.3 Å². The summed E-state index contributed by atoms with van der Waals surface area (Å²) in [6.45, 7) is 0. The predicted octanol–water partition coefficient (Wildman–Crippen LogP) is 2.35. The van der Waals surface area contributed by atoms with Gasteiger partial charge < -0.3 is 9.67 Å². The number of nitrogens with zero attached hydrogens (tertiary/aromatic N) is 4. The van der Waals surface area contributed by atoms with E-state index in [0.29, 0.717) is 11.4 Å². The molecule has 0 aliphatic heterocycles. The van der Waals surface area contributed by atoms with Gasteiger partial charge in [0.05, 0.1) is 11.0 Å². The second kappa shape index (κ2) is 5.34. The van der Waals surface area contributed by atoms with E-state index in [1.165, 1.54) is 0 Å². The number of benzene rings is 1. The second-order valence-corrected chi connectivity index (χ2v) is 5.07. The number of rotatable bonds is 2. The summed E-state index contributed by atoms with van der Waals surface area (Å²) in [5, 5.41) is 20.0. The smallest absolute Gasteiger partial charge is 0.169 e. The Hall–Kier alpha value is -3.13. The van der Waals surface area contributed by atoms with Crippen molar-refractivity contribution >= 4 is 22.4 Å². The molecule has 0 unspecified atom stereocenters. The van der Waals surface area contributed by atoms with Gasteiger partial charge in [-0.1, -0.05) is 12.1 Å². The Morgan fingerprint density at radius 1 is 1.23 bits per heavy atom. The van der Waals surface area contributed by atoms with Crippen molar-refractivity contribution in [2.24, 2.45) is 14.1 Å². The molecule has 5 nitrogen and oxygen atoms in total. The zero-order chi connectivity index (χ0) is 15.7. The van der Waals surface area contributed by atoms with E-state index in [4.69, 9.17) is 0 Å². The Kier molecular flexibility index (Phi) is 3.36. The maximum atomic E-state index is 10.5. The van der Waals surface area contributed by atoms with Gasteiger partial charge in [-0.3, -0.25) is 0 Å². The highest BCUT2D eigenvalue weighted by molar-refractivity contribution is 5.94. The van der Waals surface area contributed by atoms with E-state index in [0.717, 1.165) is 11.0 Å². The molecule has 5 heteroatoms. The molecule has 0 atom stereocenters. The van der Waals surface area contributed by atoms with E-state index < -0.39 is 0 Å². The fraction of sp³-hybridized carbons (Fsp3) is 0.118. The predicted molar refractivity (Wildman–Crippen MR) is 83.4 cm³/mol. The van der Waals surface area contributed by atoms with Crippen molar-refractivity contribution in [3.05, 3.63) is 60.2 Å². The Morgan fingerprint density at radius 2 is 1.91 bits per heavy atom. The lowest BCUT2D eigenvalue weighted by Gasteiger charge is -2.04. The molecule has 3 rings (SSSR count). The number of aromatic nitrogens is 3. The third kappa shape index (κ3) is 2.21. The summed E-state index contributed by atoms with van der Waals surface area (Å²) in [4.78, 5) is 4.46. The number of para-hydroxylation sites is 2. The molecule has 108 valence electrons. The van der Waals surface area contributed by atoms with E-state index in [1.54, 1.807) is 12.1 Å². The van der Waals surface area contributed by atoms with Crippen molar-refractivity contribution in [1.29, 1.82) is 5.26 Å². The fourth-order valence-electron chi connectivity index (χ4n) is 2.38. The molecular formula is C17H15N4O+. The molecule has 0 radical (unpaired) electrons. The Balaban J connectivity index is 2.21. The molecule has 1 aromatic carbocycles. The largest absolute Gasteiger partial charge is 0.506 e. The molecule has 0 fully saturated rings. The lowest BCUT2D eigenvalue weighted by atomic mass is 10.1. The third-order valence-electron chi connectivity index (χ3n) is 3.61. The number of nitriles is 1. The number of allylic oxidation sites excluding steroid dienone is 1. The first kappa shape index (κ1) is 13.8. The summed E-state index contributed by atoms with van der Waals surface area (Å²) in [5.41, 5.74) is 2.45. The van der Waals surface area contributed by atoms with Crippen LogP contribution < -0.4 is 4.57 Å². The van der Waals surface area contributed by atoms with Crippen molar-refractivity contribution in [3.8, 4) is 6.07 Å². The number of hydrogen-bond acceptors (Lipinski definition) is 3. The average Bonchev–Trinajstić information content (AvgIpc) is 2.86. The number of imidazole rings is 1. The van der Waals surface area contributed by atoms with Gasteiger partial charge in [0.25, 0.3) is 0 Å². The van der Waals surface area contributed by atoms with Crippen LogP contribution in [-0.4, -0.2) is 14.7 Å². The standard InChI is InChI=1S/C17H14N4O/c1-20-9-7-12(8-10-20)16(22)13(11-18)17-19-14-5-3-4-6-15(14)21(17)2/h3-10H,1-2H3/p+1. The van der Waals surface area contributed by atoms with Crippen LogP contribution >= 0.6 is 0 Å². The van der Waals surface area contributed by atoms with Gasteiger partial charge in [-0.2, -0.15) is 5.26 Å². The fourth-order valence-corrected chi connectivity index (χ4v) is 2.38. The summed E-state index contributed by atoms with van der Waals surface area (Å²) >= 11 is 0. The number of fused-ring (bicyclic) bond motifs is 1.